The quantitative estimate of drug-likeness (QED) is 0.571. The number of carbonyl (C=O) groups excluding carboxylic acids is 3. The van der Waals surface area contributed by atoms with Crippen LogP contribution in [0.15, 0.2) is 72.9 Å². The molecular formula is C25H23N3O4. The zero-order valence-electron chi connectivity index (χ0n) is 17.7. The third-order valence-corrected chi connectivity index (χ3v) is 5.27. The molecule has 0 radical (unpaired) electrons. The highest BCUT2D eigenvalue weighted by Crippen LogP contribution is 2.21. The molecule has 1 saturated heterocycles. The molecule has 3 amide bonds. The molecule has 0 bridgehead atoms. The van der Waals surface area contributed by atoms with E-state index >= 15 is 0 Å². The van der Waals surface area contributed by atoms with Crippen LogP contribution in [0, 0.1) is 0 Å². The zero-order chi connectivity index (χ0) is 22.5. The van der Waals surface area contributed by atoms with Crippen molar-refractivity contribution >= 4 is 23.4 Å². The topological polar surface area (TPSA) is 88.6 Å². The molecule has 2 aromatic carbocycles. The standard InChI is InChI=1S/C25H23N3O4/c1-17(19-5-3-2-4-6-19)32-22-12-9-20(15-26-22)25(31)27-21-10-7-18(8-11-21)16-28-23(29)13-14-24(28)30/h2-12,15,17H,13-14,16H2,1H3,(H,27,31). The summed E-state index contributed by atoms with van der Waals surface area (Å²) < 4.78 is 5.84. The third-order valence-electron chi connectivity index (χ3n) is 5.27. The van der Waals surface area contributed by atoms with E-state index in [0.29, 0.717) is 17.1 Å². The van der Waals surface area contributed by atoms with Crippen molar-refractivity contribution in [3.05, 3.63) is 89.6 Å². The Morgan fingerprint density at radius 2 is 1.69 bits per heavy atom. The number of imide groups is 1. The minimum Gasteiger partial charge on any atom is -0.470 e. The van der Waals surface area contributed by atoms with Gasteiger partial charge in [-0.1, -0.05) is 42.5 Å². The second-order valence-electron chi connectivity index (χ2n) is 7.58. The van der Waals surface area contributed by atoms with Crippen LogP contribution in [-0.4, -0.2) is 27.6 Å². The summed E-state index contributed by atoms with van der Waals surface area (Å²) in [7, 11) is 0. The molecule has 32 heavy (non-hydrogen) atoms. The highest BCUT2D eigenvalue weighted by atomic mass is 16.5. The van der Waals surface area contributed by atoms with E-state index in [0.717, 1.165) is 11.1 Å². The van der Waals surface area contributed by atoms with Gasteiger partial charge in [-0.3, -0.25) is 19.3 Å². The number of benzene rings is 2. The number of likely N-dealkylation sites (tertiary alicyclic amines) is 1. The van der Waals surface area contributed by atoms with Gasteiger partial charge in [0.1, 0.15) is 6.10 Å². The number of ether oxygens (including phenoxy) is 1. The summed E-state index contributed by atoms with van der Waals surface area (Å²) in [5.74, 6) is -0.151. The van der Waals surface area contributed by atoms with Crippen LogP contribution in [0.5, 0.6) is 5.88 Å². The molecule has 2 heterocycles. The minimum absolute atomic E-state index is 0.148. The molecule has 162 valence electrons. The number of nitrogens with one attached hydrogen (secondary N) is 1. The van der Waals surface area contributed by atoms with Crippen molar-refractivity contribution in [2.75, 3.05) is 5.32 Å². The minimum atomic E-state index is -0.294. The summed E-state index contributed by atoms with van der Waals surface area (Å²) in [6, 6.07) is 20.2. The summed E-state index contributed by atoms with van der Waals surface area (Å²) in [6.45, 7) is 2.19. The van der Waals surface area contributed by atoms with Gasteiger partial charge in [-0.2, -0.15) is 0 Å². The van der Waals surface area contributed by atoms with Gasteiger partial charge in [-0.15, -0.1) is 0 Å². The molecule has 0 spiro atoms. The normalized spacial score (nSPS) is 14.3. The van der Waals surface area contributed by atoms with E-state index in [1.807, 2.05) is 37.3 Å². The third kappa shape index (κ3) is 5.00. The molecule has 1 unspecified atom stereocenters. The SMILES string of the molecule is CC(Oc1ccc(C(=O)Nc2ccc(CN3C(=O)CCC3=O)cc2)cn1)c1ccccc1. The monoisotopic (exact) mass is 429 g/mol. The molecule has 4 rings (SSSR count). The van der Waals surface area contributed by atoms with E-state index in [-0.39, 0.29) is 43.2 Å². The Kier molecular flexibility index (Phi) is 6.26. The van der Waals surface area contributed by atoms with Crippen molar-refractivity contribution in [1.29, 1.82) is 0 Å². The second kappa shape index (κ2) is 9.43. The average molecular weight is 429 g/mol. The molecular weight excluding hydrogens is 406 g/mol. The van der Waals surface area contributed by atoms with Gasteiger partial charge in [0.15, 0.2) is 0 Å². The van der Waals surface area contributed by atoms with E-state index in [4.69, 9.17) is 4.74 Å². The molecule has 7 heteroatoms. The Labute approximate surface area is 186 Å². The maximum Gasteiger partial charge on any atom is 0.257 e. The molecule has 1 aliphatic rings. The predicted octanol–water partition coefficient (Wildman–Crippen LogP) is 4.12. The number of amides is 3. The van der Waals surface area contributed by atoms with Crippen molar-refractivity contribution in [3.63, 3.8) is 0 Å². The van der Waals surface area contributed by atoms with Gasteiger partial charge in [0.05, 0.1) is 12.1 Å². The Hall–Kier alpha value is -4.00. The van der Waals surface area contributed by atoms with Crippen molar-refractivity contribution in [2.24, 2.45) is 0 Å². The number of hydrogen-bond donors (Lipinski definition) is 1. The number of aromatic nitrogens is 1. The van der Waals surface area contributed by atoms with E-state index in [2.05, 4.69) is 10.3 Å². The summed E-state index contributed by atoms with van der Waals surface area (Å²) in [5.41, 5.74) is 2.87. The van der Waals surface area contributed by atoms with Crippen LogP contribution in [0.1, 0.15) is 47.4 Å². The highest BCUT2D eigenvalue weighted by Gasteiger charge is 2.28. The number of rotatable bonds is 7. The summed E-state index contributed by atoms with van der Waals surface area (Å²) in [6.07, 6.45) is 1.86. The van der Waals surface area contributed by atoms with Crippen molar-refractivity contribution < 1.29 is 19.1 Å². The van der Waals surface area contributed by atoms with Gasteiger partial charge in [0.2, 0.25) is 17.7 Å². The van der Waals surface area contributed by atoms with Crippen molar-refractivity contribution in [1.82, 2.24) is 9.88 Å². The molecule has 3 aromatic rings. The van der Waals surface area contributed by atoms with Crippen LogP contribution in [0.3, 0.4) is 0 Å². The van der Waals surface area contributed by atoms with Gasteiger partial charge in [-0.05, 0) is 36.2 Å². The Morgan fingerprint density at radius 3 is 2.31 bits per heavy atom. The lowest BCUT2D eigenvalue weighted by atomic mass is 10.1. The zero-order valence-corrected chi connectivity index (χ0v) is 17.7. The number of hydrogen-bond acceptors (Lipinski definition) is 5. The lowest BCUT2D eigenvalue weighted by Crippen LogP contribution is -2.28. The van der Waals surface area contributed by atoms with Crippen LogP contribution in [0.4, 0.5) is 5.69 Å². The lowest BCUT2D eigenvalue weighted by Gasteiger charge is -2.14. The molecule has 1 fully saturated rings. The number of anilines is 1. The first-order chi connectivity index (χ1) is 15.5. The summed E-state index contributed by atoms with van der Waals surface area (Å²) in [5, 5.41) is 2.82. The largest absolute Gasteiger partial charge is 0.470 e. The van der Waals surface area contributed by atoms with E-state index in [1.165, 1.54) is 11.1 Å². The molecule has 0 saturated carbocycles. The summed E-state index contributed by atoms with van der Waals surface area (Å²) >= 11 is 0. The maximum atomic E-state index is 12.5. The van der Waals surface area contributed by atoms with Gasteiger partial charge in [-0.25, -0.2) is 4.98 Å². The predicted molar refractivity (Wildman–Crippen MR) is 119 cm³/mol. The van der Waals surface area contributed by atoms with E-state index in [9.17, 15) is 14.4 Å². The van der Waals surface area contributed by atoms with E-state index < -0.39 is 0 Å². The molecule has 1 atom stereocenters. The first kappa shape index (κ1) is 21.2. The Morgan fingerprint density at radius 1 is 1.00 bits per heavy atom. The smallest absolute Gasteiger partial charge is 0.257 e. The van der Waals surface area contributed by atoms with Crippen LogP contribution in [0.2, 0.25) is 0 Å². The summed E-state index contributed by atoms with van der Waals surface area (Å²) in [4.78, 5) is 41.5. The Bertz CT molecular complexity index is 1100. The number of pyridine rings is 1. The second-order valence-corrected chi connectivity index (χ2v) is 7.58. The van der Waals surface area contributed by atoms with Crippen molar-refractivity contribution in [3.8, 4) is 5.88 Å². The van der Waals surface area contributed by atoms with Gasteiger partial charge in [0, 0.05) is 30.8 Å². The van der Waals surface area contributed by atoms with Crippen LogP contribution in [-0.2, 0) is 16.1 Å². The van der Waals surface area contributed by atoms with Crippen LogP contribution >= 0.6 is 0 Å². The molecule has 1 N–H and O–H groups in total. The first-order valence-corrected chi connectivity index (χ1v) is 10.4. The van der Waals surface area contributed by atoms with E-state index in [1.54, 1.807) is 36.4 Å². The first-order valence-electron chi connectivity index (χ1n) is 10.4. The van der Waals surface area contributed by atoms with Crippen LogP contribution in [0.25, 0.3) is 0 Å². The molecule has 1 aromatic heterocycles. The number of nitrogens with zero attached hydrogens (tertiary/aromatic N) is 2. The lowest BCUT2D eigenvalue weighted by molar-refractivity contribution is -0.139. The average Bonchev–Trinajstić information content (AvgIpc) is 3.13. The fourth-order valence-electron chi connectivity index (χ4n) is 3.44. The highest BCUT2D eigenvalue weighted by molar-refractivity contribution is 6.04. The maximum absolute atomic E-state index is 12.5. The van der Waals surface area contributed by atoms with Crippen LogP contribution < -0.4 is 10.1 Å². The fraction of sp³-hybridized carbons (Fsp3) is 0.200. The number of carbonyl (C=O) groups is 3. The molecule has 1 aliphatic heterocycles. The van der Waals surface area contributed by atoms with Gasteiger partial charge < -0.3 is 10.1 Å². The molecule has 7 nitrogen and oxygen atoms in total. The Balaban J connectivity index is 1.33. The fourth-order valence-corrected chi connectivity index (χ4v) is 3.44. The van der Waals surface area contributed by atoms with Gasteiger partial charge in [0.25, 0.3) is 5.91 Å². The molecule has 0 aliphatic carbocycles. The van der Waals surface area contributed by atoms with Gasteiger partial charge >= 0.3 is 0 Å². The van der Waals surface area contributed by atoms with Crippen molar-refractivity contribution in [2.45, 2.75) is 32.4 Å².